The minimum absolute atomic E-state index is 0.881. The van der Waals surface area contributed by atoms with Gasteiger partial charge in [0.15, 0.2) is 11.5 Å². The van der Waals surface area contributed by atoms with Crippen LogP contribution in [0.15, 0.2) is 85.3 Å². The van der Waals surface area contributed by atoms with E-state index in [0.29, 0.717) is 0 Å². The normalized spacial score (nSPS) is 11.2. The van der Waals surface area contributed by atoms with Gasteiger partial charge in [-0.2, -0.15) is 0 Å². The lowest BCUT2D eigenvalue weighted by Gasteiger charge is -2.20. The Kier molecular flexibility index (Phi) is 3.78. The van der Waals surface area contributed by atoms with Gasteiger partial charge < -0.3 is 10.1 Å². The topological polar surface area (TPSA) is 47.0 Å². The molecular formula is C20H15N3O. The van der Waals surface area contributed by atoms with E-state index in [1.54, 1.807) is 6.33 Å². The zero-order valence-corrected chi connectivity index (χ0v) is 12.9. The van der Waals surface area contributed by atoms with Crippen molar-refractivity contribution in [2.45, 2.75) is 0 Å². The van der Waals surface area contributed by atoms with Crippen molar-refractivity contribution in [3.05, 3.63) is 85.3 Å². The summed E-state index contributed by atoms with van der Waals surface area (Å²) >= 11 is 0. The van der Waals surface area contributed by atoms with E-state index in [4.69, 9.17) is 4.74 Å². The molecule has 0 amide bonds. The fourth-order valence-electron chi connectivity index (χ4n) is 2.50. The first-order valence-electron chi connectivity index (χ1n) is 7.68. The van der Waals surface area contributed by atoms with Gasteiger partial charge in [-0.05, 0) is 30.3 Å². The molecule has 1 aliphatic heterocycles. The number of nitrogens with zero attached hydrogens (tertiary/aromatic N) is 2. The first-order chi connectivity index (χ1) is 11.9. The third kappa shape index (κ3) is 2.90. The number of nitrogens with one attached hydrogen (secondary N) is 1. The van der Waals surface area contributed by atoms with Crippen molar-refractivity contribution < 1.29 is 4.74 Å². The molecule has 0 bridgehead atoms. The molecule has 1 aliphatic rings. The van der Waals surface area contributed by atoms with Crippen molar-refractivity contribution in [1.29, 1.82) is 0 Å². The van der Waals surface area contributed by atoms with Crippen LogP contribution >= 0.6 is 0 Å². The van der Waals surface area contributed by atoms with Crippen LogP contribution in [0.5, 0.6) is 11.5 Å². The summed E-state index contributed by atoms with van der Waals surface area (Å²) in [6.45, 7) is 0. The number of anilines is 2. The average Bonchev–Trinajstić information content (AvgIpc) is 2.67. The number of fused-ring (bicyclic) bond motifs is 3. The molecule has 0 radical (unpaired) electrons. The predicted octanol–water partition coefficient (Wildman–Crippen LogP) is 5.17. The number of rotatable bonds is 0. The van der Waals surface area contributed by atoms with Gasteiger partial charge in [-0.25, -0.2) is 9.97 Å². The molecule has 4 heteroatoms. The van der Waals surface area contributed by atoms with Gasteiger partial charge in [0.1, 0.15) is 6.33 Å². The summed E-state index contributed by atoms with van der Waals surface area (Å²) in [5.74, 6) is 1.76. The molecule has 0 spiro atoms. The van der Waals surface area contributed by atoms with Crippen LogP contribution in [0.1, 0.15) is 0 Å². The fourth-order valence-corrected chi connectivity index (χ4v) is 2.50. The molecule has 24 heavy (non-hydrogen) atoms. The van der Waals surface area contributed by atoms with Gasteiger partial charge in [0.05, 0.1) is 16.9 Å². The maximum Gasteiger partial charge on any atom is 0.150 e. The minimum atomic E-state index is 0.881. The molecule has 0 fully saturated rings. The van der Waals surface area contributed by atoms with Crippen LogP contribution in [0.3, 0.4) is 0 Å². The van der Waals surface area contributed by atoms with Gasteiger partial charge in [-0.15, -0.1) is 0 Å². The van der Waals surface area contributed by atoms with Crippen molar-refractivity contribution in [1.82, 2.24) is 9.97 Å². The highest BCUT2D eigenvalue weighted by molar-refractivity contribution is 5.77. The molecule has 0 atom stereocenters. The van der Waals surface area contributed by atoms with Gasteiger partial charge in [0.25, 0.3) is 0 Å². The first-order valence-corrected chi connectivity index (χ1v) is 7.68. The predicted molar refractivity (Wildman–Crippen MR) is 95.8 cm³/mol. The van der Waals surface area contributed by atoms with Gasteiger partial charge in [-0.3, -0.25) is 0 Å². The Bertz CT molecular complexity index is 832. The van der Waals surface area contributed by atoms with Crippen molar-refractivity contribution in [3.8, 4) is 11.5 Å². The highest BCUT2D eigenvalue weighted by Gasteiger charge is 2.13. The largest absolute Gasteiger partial charge is 0.453 e. The standard InChI is InChI=1S/C12H9NO.C8H6N2/c1-3-7-11-9(5-1)13-10-6-2-4-8-12(10)14-11;1-2-4-8-7(3-1)5-9-6-10-8/h1-8,13H;1-6H. The summed E-state index contributed by atoms with van der Waals surface area (Å²) in [4.78, 5) is 7.97. The molecule has 0 unspecified atom stereocenters. The first kappa shape index (κ1) is 14.2. The van der Waals surface area contributed by atoms with Crippen LogP contribution < -0.4 is 10.1 Å². The molecular weight excluding hydrogens is 298 g/mol. The molecule has 5 rings (SSSR count). The van der Waals surface area contributed by atoms with Gasteiger partial charge >= 0.3 is 0 Å². The summed E-state index contributed by atoms with van der Waals surface area (Å²) in [5.41, 5.74) is 3.04. The third-order valence-corrected chi connectivity index (χ3v) is 3.68. The molecule has 2 heterocycles. The Labute approximate surface area is 139 Å². The highest BCUT2D eigenvalue weighted by Crippen LogP contribution is 2.40. The fraction of sp³-hybridized carbons (Fsp3) is 0. The van der Waals surface area contributed by atoms with E-state index in [2.05, 4.69) is 15.3 Å². The Morgan fingerprint density at radius 2 is 1.33 bits per heavy atom. The molecule has 4 aromatic rings. The van der Waals surface area contributed by atoms with Crippen molar-refractivity contribution in [2.75, 3.05) is 5.32 Å². The lowest BCUT2D eigenvalue weighted by atomic mass is 10.2. The second-order valence-corrected chi connectivity index (χ2v) is 5.30. The summed E-state index contributed by atoms with van der Waals surface area (Å²) in [6, 6.07) is 23.7. The van der Waals surface area contributed by atoms with E-state index in [1.165, 1.54) is 0 Å². The zero-order chi connectivity index (χ0) is 16.2. The van der Waals surface area contributed by atoms with E-state index in [9.17, 15) is 0 Å². The molecule has 1 N–H and O–H groups in total. The van der Waals surface area contributed by atoms with E-state index in [1.807, 2.05) is 79.0 Å². The maximum atomic E-state index is 5.71. The zero-order valence-electron chi connectivity index (χ0n) is 12.9. The third-order valence-electron chi connectivity index (χ3n) is 3.68. The van der Waals surface area contributed by atoms with E-state index in [-0.39, 0.29) is 0 Å². The number of para-hydroxylation sites is 5. The van der Waals surface area contributed by atoms with Crippen LogP contribution in [-0.4, -0.2) is 9.97 Å². The van der Waals surface area contributed by atoms with Gasteiger partial charge in [-0.1, -0.05) is 42.5 Å². The van der Waals surface area contributed by atoms with Crippen molar-refractivity contribution >= 4 is 22.3 Å². The SMILES string of the molecule is c1ccc2c(c1)Nc1ccccc1O2.c1ccc2ncncc2c1. The van der Waals surface area contributed by atoms with Gasteiger partial charge in [0, 0.05) is 11.6 Å². The Morgan fingerprint density at radius 1 is 0.708 bits per heavy atom. The van der Waals surface area contributed by atoms with Crippen LogP contribution in [-0.2, 0) is 0 Å². The second-order valence-electron chi connectivity index (χ2n) is 5.30. The molecule has 0 aliphatic carbocycles. The number of hydrogen-bond acceptors (Lipinski definition) is 4. The quantitative estimate of drug-likeness (QED) is 0.428. The monoisotopic (exact) mass is 313 g/mol. The van der Waals surface area contributed by atoms with Gasteiger partial charge in [0.2, 0.25) is 0 Å². The summed E-state index contributed by atoms with van der Waals surface area (Å²) < 4.78 is 5.71. The smallest absolute Gasteiger partial charge is 0.150 e. The van der Waals surface area contributed by atoms with Crippen LogP contribution in [0.2, 0.25) is 0 Å². The molecule has 0 saturated heterocycles. The van der Waals surface area contributed by atoms with Crippen LogP contribution in [0.25, 0.3) is 10.9 Å². The molecule has 4 nitrogen and oxygen atoms in total. The van der Waals surface area contributed by atoms with Crippen LogP contribution in [0.4, 0.5) is 11.4 Å². The van der Waals surface area contributed by atoms with E-state index >= 15 is 0 Å². The highest BCUT2D eigenvalue weighted by atomic mass is 16.5. The average molecular weight is 313 g/mol. The Hall–Kier alpha value is -3.40. The number of aromatic nitrogens is 2. The number of benzene rings is 3. The lowest BCUT2D eigenvalue weighted by Crippen LogP contribution is -2.01. The molecule has 3 aromatic carbocycles. The maximum absolute atomic E-state index is 5.71. The summed E-state index contributed by atoms with van der Waals surface area (Å²) in [6.07, 6.45) is 3.37. The number of hydrogen-bond donors (Lipinski definition) is 1. The molecule has 116 valence electrons. The van der Waals surface area contributed by atoms with Crippen molar-refractivity contribution in [3.63, 3.8) is 0 Å². The number of ether oxygens (including phenoxy) is 1. The molecule has 1 aromatic heterocycles. The summed E-state index contributed by atoms with van der Waals surface area (Å²) in [5, 5.41) is 4.40. The molecule has 0 saturated carbocycles. The van der Waals surface area contributed by atoms with Crippen molar-refractivity contribution in [2.24, 2.45) is 0 Å². The summed E-state index contributed by atoms with van der Waals surface area (Å²) in [7, 11) is 0. The minimum Gasteiger partial charge on any atom is -0.453 e. The Balaban J connectivity index is 0.000000129. The van der Waals surface area contributed by atoms with E-state index < -0.39 is 0 Å². The second kappa shape index (κ2) is 6.38. The van der Waals surface area contributed by atoms with Crippen LogP contribution in [0, 0.1) is 0 Å². The van der Waals surface area contributed by atoms with E-state index in [0.717, 1.165) is 33.8 Å². The lowest BCUT2D eigenvalue weighted by molar-refractivity contribution is 0.481. The Morgan fingerprint density at radius 3 is 2.04 bits per heavy atom.